The lowest BCUT2D eigenvalue weighted by Crippen LogP contribution is -2.44. The van der Waals surface area contributed by atoms with E-state index >= 15 is 0 Å². The van der Waals surface area contributed by atoms with Gasteiger partial charge in [0, 0.05) is 36.2 Å². The summed E-state index contributed by atoms with van der Waals surface area (Å²) in [7, 11) is 1.92. The number of nitrogens with zero attached hydrogens (tertiary/aromatic N) is 3. The van der Waals surface area contributed by atoms with Crippen LogP contribution in [0.5, 0.6) is 0 Å². The molecular weight excluding hydrogens is 244 g/mol. The maximum absolute atomic E-state index is 4.51. The molecule has 2 heterocycles. The maximum atomic E-state index is 4.51. The van der Waals surface area contributed by atoms with Gasteiger partial charge in [0.1, 0.15) is 18.0 Å². The van der Waals surface area contributed by atoms with Crippen LogP contribution in [-0.4, -0.2) is 40.6 Å². The number of hydrogen-bond donors (Lipinski definition) is 1. The number of nitrogens with one attached hydrogen (secondary N) is 1. The molecule has 1 saturated heterocycles. The van der Waals surface area contributed by atoms with Crippen molar-refractivity contribution in [3.05, 3.63) is 11.9 Å². The molecule has 0 bridgehead atoms. The van der Waals surface area contributed by atoms with Crippen molar-refractivity contribution in [2.24, 2.45) is 0 Å². The minimum Gasteiger partial charge on any atom is -0.373 e. The Labute approximate surface area is 114 Å². The fraction of sp³-hybridized carbons (Fsp3) is 0.692. The van der Waals surface area contributed by atoms with Gasteiger partial charge in [-0.25, -0.2) is 9.97 Å². The maximum Gasteiger partial charge on any atom is 0.137 e. The summed E-state index contributed by atoms with van der Waals surface area (Å²) in [5.41, 5.74) is 1.22. The average Bonchev–Trinajstić information content (AvgIpc) is 2.36. The second-order valence-electron chi connectivity index (χ2n) is 5.16. The normalized spacial score (nSPS) is 18.8. The highest BCUT2D eigenvalue weighted by atomic mass is 32.2. The first-order chi connectivity index (χ1) is 8.57. The monoisotopic (exact) mass is 266 g/mol. The zero-order chi connectivity index (χ0) is 13.2. The lowest BCUT2D eigenvalue weighted by molar-refractivity contribution is 0.639. The van der Waals surface area contributed by atoms with Crippen molar-refractivity contribution in [2.75, 3.05) is 36.1 Å². The van der Waals surface area contributed by atoms with Gasteiger partial charge in [-0.1, -0.05) is 6.92 Å². The van der Waals surface area contributed by atoms with E-state index in [4.69, 9.17) is 0 Å². The highest BCUT2D eigenvalue weighted by molar-refractivity contribution is 8.00. The van der Waals surface area contributed by atoms with Crippen LogP contribution in [0.25, 0.3) is 0 Å². The summed E-state index contributed by atoms with van der Waals surface area (Å²) in [4.78, 5) is 11.2. The topological polar surface area (TPSA) is 41.1 Å². The Bertz CT molecular complexity index is 419. The molecule has 0 unspecified atom stereocenters. The first-order valence-corrected chi connectivity index (χ1v) is 7.46. The van der Waals surface area contributed by atoms with Gasteiger partial charge in [-0.2, -0.15) is 11.8 Å². The van der Waals surface area contributed by atoms with Gasteiger partial charge in [0.2, 0.25) is 0 Å². The Morgan fingerprint density at radius 3 is 2.83 bits per heavy atom. The predicted octanol–water partition coefficient (Wildman–Crippen LogP) is 2.41. The van der Waals surface area contributed by atoms with E-state index < -0.39 is 0 Å². The van der Waals surface area contributed by atoms with Crippen LogP contribution < -0.4 is 10.2 Å². The summed E-state index contributed by atoms with van der Waals surface area (Å²) in [5, 5.41) is 3.16. The Kier molecular flexibility index (Phi) is 4.00. The molecule has 18 heavy (non-hydrogen) atoms. The van der Waals surface area contributed by atoms with Crippen LogP contribution in [0.1, 0.15) is 26.3 Å². The number of thioether (sulfide) groups is 1. The van der Waals surface area contributed by atoms with Gasteiger partial charge in [0.25, 0.3) is 0 Å². The molecule has 1 aliphatic rings. The van der Waals surface area contributed by atoms with Gasteiger partial charge in [-0.15, -0.1) is 0 Å². The van der Waals surface area contributed by atoms with Crippen LogP contribution in [-0.2, 0) is 6.42 Å². The molecule has 0 atom stereocenters. The van der Waals surface area contributed by atoms with Gasteiger partial charge < -0.3 is 10.2 Å². The molecule has 0 radical (unpaired) electrons. The van der Waals surface area contributed by atoms with Crippen molar-refractivity contribution in [1.29, 1.82) is 0 Å². The number of rotatable bonds is 3. The Balaban J connectivity index is 2.32. The second-order valence-corrected chi connectivity index (χ2v) is 6.96. The van der Waals surface area contributed by atoms with E-state index in [9.17, 15) is 0 Å². The fourth-order valence-electron chi connectivity index (χ4n) is 2.41. The molecule has 100 valence electrons. The largest absolute Gasteiger partial charge is 0.373 e. The molecule has 5 heteroatoms. The molecule has 0 aliphatic carbocycles. The van der Waals surface area contributed by atoms with E-state index in [2.05, 4.69) is 41.0 Å². The van der Waals surface area contributed by atoms with E-state index in [-0.39, 0.29) is 0 Å². The van der Waals surface area contributed by atoms with Crippen molar-refractivity contribution >= 4 is 23.4 Å². The molecule has 0 amide bonds. The zero-order valence-corrected chi connectivity index (χ0v) is 12.5. The predicted molar refractivity (Wildman–Crippen MR) is 79.7 cm³/mol. The summed E-state index contributed by atoms with van der Waals surface area (Å²) in [5.74, 6) is 3.22. The average molecular weight is 266 g/mol. The van der Waals surface area contributed by atoms with Gasteiger partial charge >= 0.3 is 0 Å². The van der Waals surface area contributed by atoms with Gasteiger partial charge in [0.15, 0.2) is 0 Å². The summed E-state index contributed by atoms with van der Waals surface area (Å²) in [6, 6.07) is 0. The van der Waals surface area contributed by atoms with Gasteiger partial charge in [-0.05, 0) is 20.3 Å². The minimum atomic E-state index is 0.300. The van der Waals surface area contributed by atoms with Crippen molar-refractivity contribution in [2.45, 2.75) is 31.9 Å². The van der Waals surface area contributed by atoms with E-state index in [0.717, 1.165) is 36.9 Å². The summed E-state index contributed by atoms with van der Waals surface area (Å²) >= 11 is 2.04. The van der Waals surface area contributed by atoms with Crippen LogP contribution in [0.15, 0.2) is 6.33 Å². The van der Waals surface area contributed by atoms with Crippen molar-refractivity contribution in [3.63, 3.8) is 0 Å². The fourth-order valence-corrected chi connectivity index (χ4v) is 3.53. The summed E-state index contributed by atoms with van der Waals surface area (Å²) < 4.78 is 0.300. The van der Waals surface area contributed by atoms with E-state index in [1.54, 1.807) is 6.33 Å². The molecule has 1 aromatic rings. The van der Waals surface area contributed by atoms with Crippen molar-refractivity contribution in [3.8, 4) is 0 Å². The number of hydrogen-bond acceptors (Lipinski definition) is 5. The van der Waals surface area contributed by atoms with Crippen LogP contribution in [0, 0.1) is 0 Å². The molecule has 2 rings (SSSR count). The number of anilines is 2. The first kappa shape index (κ1) is 13.5. The second kappa shape index (κ2) is 5.34. The molecule has 1 fully saturated rings. The van der Waals surface area contributed by atoms with E-state index in [0.29, 0.717) is 4.75 Å². The number of aromatic nitrogens is 2. The van der Waals surface area contributed by atoms with Crippen molar-refractivity contribution < 1.29 is 0 Å². The van der Waals surface area contributed by atoms with Crippen molar-refractivity contribution in [1.82, 2.24) is 9.97 Å². The quantitative estimate of drug-likeness (QED) is 0.910. The Morgan fingerprint density at radius 1 is 1.44 bits per heavy atom. The van der Waals surface area contributed by atoms with Crippen LogP contribution in [0.4, 0.5) is 11.6 Å². The molecule has 1 aromatic heterocycles. The summed E-state index contributed by atoms with van der Waals surface area (Å²) in [6.45, 7) is 8.88. The van der Waals surface area contributed by atoms with Crippen LogP contribution >= 0.6 is 11.8 Å². The zero-order valence-electron chi connectivity index (χ0n) is 11.7. The molecular formula is C13H22N4S. The molecule has 1 N–H and O–H groups in total. The first-order valence-electron chi connectivity index (χ1n) is 6.48. The van der Waals surface area contributed by atoms with E-state index in [1.807, 2.05) is 18.8 Å². The highest BCUT2D eigenvalue weighted by Gasteiger charge is 2.29. The van der Waals surface area contributed by atoms with Crippen LogP contribution in [0.2, 0.25) is 0 Å². The molecule has 0 aromatic carbocycles. The third-order valence-electron chi connectivity index (χ3n) is 3.24. The summed E-state index contributed by atoms with van der Waals surface area (Å²) in [6.07, 6.45) is 2.62. The van der Waals surface area contributed by atoms with Gasteiger partial charge in [0.05, 0.1) is 0 Å². The highest BCUT2D eigenvalue weighted by Crippen LogP contribution is 2.33. The Morgan fingerprint density at radius 2 is 2.22 bits per heavy atom. The van der Waals surface area contributed by atoms with Gasteiger partial charge in [-0.3, -0.25) is 0 Å². The third kappa shape index (κ3) is 2.71. The van der Waals surface area contributed by atoms with E-state index in [1.165, 1.54) is 5.56 Å². The molecule has 0 spiro atoms. The third-order valence-corrected chi connectivity index (χ3v) is 4.54. The smallest absolute Gasteiger partial charge is 0.137 e. The lowest BCUT2D eigenvalue weighted by atomic mass is 10.1. The Hall–Kier alpha value is -0.970. The SMILES string of the molecule is CCc1c(NC)ncnc1N1CCSC(C)(C)C1. The standard InChI is InChI=1S/C13H22N4S/c1-5-10-11(14-4)15-9-16-12(10)17-6-7-18-13(2,3)8-17/h9H,5-8H2,1-4H3,(H,14,15,16). The molecule has 0 saturated carbocycles. The molecule has 4 nitrogen and oxygen atoms in total. The molecule has 1 aliphatic heterocycles. The van der Waals surface area contributed by atoms with Crippen LogP contribution in [0.3, 0.4) is 0 Å². The minimum absolute atomic E-state index is 0.300. The lowest BCUT2D eigenvalue weighted by Gasteiger charge is -2.39.